The average Bonchev–Trinajstić information content (AvgIpc) is 2.68. The third-order valence-electron chi connectivity index (χ3n) is 5.67. The van der Waals surface area contributed by atoms with E-state index >= 15 is 0 Å². The molecule has 1 amide bonds. The van der Waals surface area contributed by atoms with E-state index in [1.54, 1.807) is 25.3 Å². The van der Waals surface area contributed by atoms with Gasteiger partial charge in [-0.25, -0.2) is 0 Å². The largest absolute Gasteiger partial charge is 0.496 e. The van der Waals surface area contributed by atoms with Crippen LogP contribution in [0.5, 0.6) is 5.75 Å². The molecule has 3 rings (SSSR count). The van der Waals surface area contributed by atoms with Crippen molar-refractivity contribution < 1.29 is 14.3 Å². The van der Waals surface area contributed by atoms with Gasteiger partial charge in [-0.15, -0.1) is 0 Å². The van der Waals surface area contributed by atoms with Gasteiger partial charge in [-0.2, -0.15) is 0 Å². The summed E-state index contributed by atoms with van der Waals surface area (Å²) in [6, 6.07) is 5.39. The molecule has 5 nitrogen and oxygen atoms in total. The van der Waals surface area contributed by atoms with Crippen molar-refractivity contribution in [2.75, 3.05) is 40.0 Å². The minimum Gasteiger partial charge on any atom is -0.496 e. The fourth-order valence-electron chi connectivity index (χ4n) is 4.24. The predicted molar refractivity (Wildman–Crippen MR) is 103 cm³/mol. The van der Waals surface area contributed by atoms with Gasteiger partial charge < -0.3 is 14.8 Å². The second-order valence-corrected chi connectivity index (χ2v) is 7.73. The molecule has 1 N–H and O–H groups in total. The Balaban J connectivity index is 1.63. The molecule has 0 radical (unpaired) electrons. The number of amides is 1. The average molecular weight is 381 g/mol. The first kappa shape index (κ1) is 19.5. The monoisotopic (exact) mass is 380 g/mol. The van der Waals surface area contributed by atoms with Crippen molar-refractivity contribution in [3.05, 3.63) is 28.8 Å². The normalized spacial score (nSPS) is 20.5. The lowest BCUT2D eigenvalue weighted by Gasteiger charge is -2.48. The molecule has 1 aromatic carbocycles. The van der Waals surface area contributed by atoms with Gasteiger partial charge in [0.2, 0.25) is 5.91 Å². The van der Waals surface area contributed by atoms with E-state index in [1.165, 1.54) is 19.3 Å². The van der Waals surface area contributed by atoms with Gasteiger partial charge in [0.1, 0.15) is 5.75 Å². The summed E-state index contributed by atoms with van der Waals surface area (Å²) < 4.78 is 10.9. The lowest BCUT2D eigenvalue weighted by atomic mass is 9.79. The Bertz CT molecular complexity index is 611. The van der Waals surface area contributed by atoms with Gasteiger partial charge >= 0.3 is 0 Å². The van der Waals surface area contributed by atoms with Crippen LogP contribution in [-0.4, -0.2) is 56.3 Å². The van der Waals surface area contributed by atoms with Gasteiger partial charge in [0.05, 0.1) is 26.7 Å². The van der Waals surface area contributed by atoms with Crippen LogP contribution >= 0.6 is 11.6 Å². The van der Waals surface area contributed by atoms with Crippen LogP contribution in [0.1, 0.15) is 37.7 Å². The second kappa shape index (κ2) is 9.07. The molecule has 1 heterocycles. The zero-order valence-electron chi connectivity index (χ0n) is 15.6. The number of nitrogens with zero attached hydrogens (tertiary/aromatic N) is 1. The van der Waals surface area contributed by atoms with E-state index < -0.39 is 0 Å². The maximum Gasteiger partial charge on any atom is 0.224 e. The summed E-state index contributed by atoms with van der Waals surface area (Å²) in [5.41, 5.74) is 0.900. The first-order valence-corrected chi connectivity index (χ1v) is 9.93. The van der Waals surface area contributed by atoms with E-state index in [2.05, 4.69) is 10.2 Å². The van der Waals surface area contributed by atoms with Crippen molar-refractivity contribution in [3.63, 3.8) is 0 Å². The number of rotatable bonds is 6. The maximum atomic E-state index is 12.6. The Morgan fingerprint density at radius 3 is 2.69 bits per heavy atom. The lowest BCUT2D eigenvalue weighted by Crippen LogP contribution is -2.59. The fourth-order valence-corrected chi connectivity index (χ4v) is 4.43. The smallest absolute Gasteiger partial charge is 0.224 e. The van der Waals surface area contributed by atoms with Gasteiger partial charge in [0, 0.05) is 35.8 Å². The number of halogens is 1. The summed E-state index contributed by atoms with van der Waals surface area (Å²) >= 11 is 6.07. The van der Waals surface area contributed by atoms with Crippen LogP contribution in [0.25, 0.3) is 0 Å². The van der Waals surface area contributed by atoms with Crippen LogP contribution in [0.4, 0.5) is 0 Å². The summed E-state index contributed by atoms with van der Waals surface area (Å²) in [6.45, 7) is 4.19. The molecule has 1 aliphatic carbocycles. The summed E-state index contributed by atoms with van der Waals surface area (Å²) in [4.78, 5) is 15.1. The van der Waals surface area contributed by atoms with E-state index in [-0.39, 0.29) is 17.9 Å². The van der Waals surface area contributed by atoms with Crippen molar-refractivity contribution in [1.29, 1.82) is 0 Å². The van der Waals surface area contributed by atoms with Crippen molar-refractivity contribution in [2.24, 2.45) is 0 Å². The van der Waals surface area contributed by atoms with E-state index in [1.807, 2.05) is 0 Å². The third kappa shape index (κ3) is 4.70. The summed E-state index contributed by atoms with van der Waals surface area (Å²) in [6.07, 6.45) is 6.33. The van der Waals surface area contributed by atoms with Crippen LogP contribution in [-0.2, 0) is 16.0 Å². The number of ether oxygens (including phenoxy) is 2. The van der Waals surface area contributed by atoms with E-state index in [4.69, 9.17) is 21.1 Å². The molecule has 144 valence electrons. The maximum absolute atomic E-state index is 12.6. The van der Waals surface area contributed by atoms with Gasteiger partial charge in [-0.05, 0) is 31.0 Å². The number of benzene rings is 1. The van der Waals surface area contributed by atoms with Gasteiger partial charge in [-0.1, -0.05) is 30.9 Å². The molecule has 1 saturated heterocycles. The zero-order chi connectivity index (χ0) is 18.4. The lowest BCUT2D eigenvalue weighted by molar-refractivity contribution is -0.121. The summed E-state index contributed by atoms with van der Waals surface area (Å²) in [5.74, 6) is 0.717. The van der Waals surface area contributed by atoms with E-state index in [9.17, 15) is 4.79 Å². The van der Waals surface area contributed by atoms with Crippen LogP contribution in [0.15, 0.2) is 18.2 Å². The van der Waals surface area contributed by atoms with Crippen LogP contribution in [0.3, 0.4) is 0 Å². The minimum atomic E-state index is 0.0174. The van der Waals surface area contributed by atoms with Crippen LogP contribution < -0.4 is 10.1 Å². The molecule has 2 aliphatic rings. The number of morpholine rings is 1. The minimum absolute atomic E-state index is 0.0174. The predicted octanol–water partition coefficient (Wildman–Crippen LogP) is 3.04. The molecular formula is C20H29ClN2O3. The number of carbonyl (C=O) groups excluding carboxylic acids is 1. The number of carbonyl (C=O) groups is 1. The Labute approximate surface area is 161 Å². The van der Waals surface area contributed by atoms with Crippen molar-refractivity contribution >= 4 is 17.5 Å². The van der Waals surface area contributed by atoms with Gasteiger partial charge in [0.15, 0.2) is 0 Å². The van der Waals surface area contributed by atoms with Crippen molar-refractivity contribution in [2.45, 2.75) is 44.1 Å². The molecule has 1 saturated carbocycles. The standard InChI is InChI=1S/C20H29ClN2O3/c1-25-18-6-5-17(21)13-16(18)14-19(24)22-15-20(7-3-2-4-8-20)23-9-11-26-12-10-23/h5-6,13H,2-4,7-12,14-15H2,1H3,(H,22,24). The van der Waals surface area contributed by atoms with Gasteiger partial charge in [0.25, 0.3) is 0 Å². The van der Waals surface area contributed by atoms with Gasteiger partial charge in [-0.3, -0.25) is 9.69 Å². The molecule has 1 aliphatic heterocycles. The van der Waals surface area contributed by atoms with E-state index in [0.29, 0.717) is 17.3 Å². The highest BCUT2D eigenvalue weighted by Gasteiger charge is 2.38. The number of methoxy groups -OCH3 is 1. The Morgan fingerprint density at radius 1 is 1.27 bits per heavy atom. The molecule has 0 aromatic heterocycles. The molecular weight excluding hydrogens is 352 g/mol. The number of hydrogen-bond acceptors (Lipinski definition) is 4. The molecule has 0 bridgehead atoms. The topological polar surface area (TPSA) is 50.8 Å². The third-order valence-corrected chi connectivity index (χ3v) is 5.91. The van der Waals surface area contributed by atoms with Crippen LogP contribution in [0, 0.1) is 0 Å². The molecule has 26 heavy (non-hydrogen) atoms. The first-order chi connectivity index (χ1) is 12.6. The van der Waals surface area contributed by atoms with Crippen molar-refractivity contribution in [3.8, 4) is 5.75 Å². The highest BCUT2D eigenvalue weighted by atomic mass is 35.5. The molecule has 0 unspecified atom stereocenters. The Morgan fingerprint density at radius 2 is 2.00 bits per heavy atom. The number of hydrogen-bond donors (Lipinski definition) is 1. The quantitative estimate of drug-likeness (QED) is 0.824. The SMILES string of the molecule is COc1ccc(Cl)cc1CC(=O)NCC1(N2CCOCC2)CCCCC1. The Kier molecular flexibility index (Phi) is 6.79. The fraction of sp³-hybridized carbons (Fsp3) is 0.650. The molecule has 1 aromatic rings. The Hall–Kier alpha value is -1.30. The molecule has 0 atom stereocenters. The van der Waals surface area contributed by atoms with Crippen LogP contribution in [0.2, 0.25) is 5.02 Å². The summed E-state index contributed by atoms with van der Waals surface area (Å²) in [5, 5.41) is 3.81. The molecule has 2 fully saturated rings. The summed E-state index contributed by atoms with van der Waals surface area (Å²) in [7, 11) is 1.61. The molecule has 6 heteroatoms. The van der Waals surface area contributed by atoms with E-state index in [0.717, 1.165) is 44.7 Å². The zero-order valence-corrected chi connectivity index (χ0v) is 16.3. The number of nitrogens with one attached hydrogen (secondary N) is 1. The van der Waals surface area contributed by atoms with Crippen molar-refractivity contribution in [1.82, 2.24) is 10.2 Å². The first-order valence-electron chi connectivity index (χ1n) is 9.55. The second-order valence-electron chi connectivity index (χ2n) is 7.29. The molecule has 0 spiro atoms. The highest BCUT2D eigenvalue weighted by Crippen LogP contribution is 2.34. The highest BCUT2D eigenvalue weighted by molar-refractivity contribution is 6.30.